The first-order chi connectivity index (χ1) is 19.0. The smallest absolute Gasteiger partial charge is 0.336 e. The Bertz CT molecular complexity index is 1570. The molecule has 5 aromatic rings. The van der Waals surface area contributed by atoms with Gasteiger partial charge in [-0.25, -0.2) is 14.2 Å². The van der Waals surface area contributed by atoms with Crippen LogP contribution in [0, 0.1) is 12.7 Å². The van der Waals surface area contributed by atoms with Gasteiger partial charge in [0.25, 0.3) is 0 Å². The molecular formula is C32H27FN2O4. The molecule has 0 atom stereocenters. The minimum atomic E-state index is -1.01. The third-order valence-electron chi connectivity index (χ3n) is 6.37. The van der Waals surface area contributed by atoms with Crippen LogP contribution in [0.25, 0.3) is 11.5 Å². The molecule has 39 heavy (non-hydrogen) atoms. The molecule has 5 rings (SSSR count). The fourth-order valence-corrected chi connectivity index (χ4v) is 4.36. The summed E-state index contributed by atoms with van der Waals surface area (Å²) in [4.78, 5) is 18.3. The lowest BCUT2D eigenvalue weighted by Gasteiger charge is -2.26. The predicted molar refractivity (Wildman–Crippen MR) is 148 cm³/mol. The van der Waals surface area contributed by atoms with Crippen LogP contribution in [0.5, 0.6) is 5.75 Å². The molecule has 7 heteroatoms. The van der Waals surface area contributed by atoms with Crippen LogP contribution >= 0.6 is 0 Å². The van der Waals surface area contributed by atoms with E-state index in [1.165, 1.54) is 12.1 Å². The summed E-state index contributed by atoms with van der Waals surface area (Å²) in [6, 6.07) is 30.2. The van der Waals surface area contributed by atoms with E-state index >= 15 is 0 Å². The number of nitrogens with zero attached hydrogens (tertiary/aromatic N) is 2. The van der Waals surface area contributed by atoms with Gasteiger partial charge in [-0.15, -0.1) is 0 Å². The van der Waals surface area contributed by atoms with Gasteiger partial charge in [0.05, 0.1) is 17.9 Å². The largest absolute Gasteiger partial charge is 0.493 e. The molecule has 0 amide bonds. The molecule has 1 N–H and O–H groups in total. The second-order valence-corrected chi connectivity index (χ2v) is 9.01. The fraction of sp³-hybridized carbons (Fsp3) is 0.125. The molecule has 0 aliphatic heterocycles. The number of aromatic nitrogens is 1. The second-order valence-electron chi connectivity index (χ2n) is 9.01. The Kier molecular flexibility index (Phi) is 7.68. The van der Waals surface area contributed by atoms with E-state index in [2.05, 4.69) is 4.98 Å². The Balaban J connectivity index is 1.30. The molecule has 0 unspecified atom stereocenters. The van der Waals surface area contributed by atoms with Gasteiger partial charge in [0.1, 0.15) is 17.3 Å². The molecule has 0 spiro atoms. The standard InChI is InChI=1S/C32H27FN2O4/c1-22-30(34-31(39-22)23-8-3-2-4-9-23)18-19-38-28-16-14-26(15-17-28)35(27-12-7-11-25(33)20-27)21-24-10-5-6-13-29(24)32(36)37/h2-17,20H,18-19,21H2,1H3,(H,36,37). The zero-order chi connectivity index (χ0) is 27.2. The van der Waals surface area contributed by atoms with Gasteiger partial charge in [0.2, 0.25) is 5.89 Å². The van der Waals surface area contributed by atoms with Crippen LogP contribution in [0.15, 0.2) is 108 Å². The van der Waals surface area contributed by atoms with Gasteiger partial charge in [0.15, 0.2) is 0 Å². The van der Waals surface area contributed by atoms with Crippen LogP contribution in [-0.2, 0) is 13.0 Å². The maximum Gasteiger partial charge on any atom is 0.336 e. The minimum absolute atomic E-state index is 0.206. The number of carboxylic acids is 1. The maximum absolute atomic E-state index is 14.1. The van der Waals surface area contributed by atoms with E-state index in [0.717, 1.165) is 22.7 Å². The quantitative estimate of drug-likeness (QED) is 0.205. The van der Waals surface area contributed by atoms with Crippen LogP contribution in [-0.4, -0.2) is 22.7 Å². The maximum atomic E-state index is 14.1. The first kappa shape index (κ1) is 25.7. The number of carbonyl (C=O) groups is 1. The molecule has 1 heterocycles. The number of ether oxygens (including phenoxy) is 1. The highest BCUT2D eigenvalue weighted by molar-refractivity contribution is 5.89. The van der Waals surface area contributed by atoms with Gasteiger partial charge >= 0.3 is 5.97 Å². The van der Waals surface area contributed by atoms with Crippen LogP contribution < -0.4 is 9.64 Å². The third kappa shape index (κ3) is 6.15. The van der Waals surface area contributed by atoms with Crippen molar-refractivity contribution in [3.8, 4) is 17.2 Å². The first-order valence-corrected chi connectivity index (χ1v) is 12.6. The lowest BCUT2D eigenvalue weighted by Crippen LogP contribution is -2.18. The highest BCUT2D eigenvalue weighted by Gasteiger charge is 2.16. The van der Waals surface area contributed by atoms with E-state index in [1.807, 2.05) is 66.4 Å². The average Bonchev–Trinajstić information content (AvgIpc) is 3.33. The number of hydrogen-bond acceptors (Lipinski definition) is 5. The highest BCUT2D eigenvalue weighted by Crippen LogP contribution is 2.30. The fourth-order valence-electron chi connectivity index (χ4n) is 4.36. The summed E-state index contributed by atoms with van der Waals surface area (Å²) in [5, 5.41) is 9.64. The number of benzene rings is 4. The summed E-state index contributed by atoms with van der Waals surface area (Å²) < 4.78 is 25.9. The van der Waals surface area contributed by atoms with Gasteiger partial charge in [-0.1, -0.05) is 42.5 Å². The summed E-state index contributed by atoms with van der Waals surface area (Å²) in [6.07, 6.45) is 0.589. The second kappa shape index (κ2) is 11.6. The summed E-state index contributed by atoms with van der Waals surface area (Å²) in [6.45, 7) is 2.56. The van der Waals surface area contributed by atoms with Crippen LogP contribution in [0.4, 0.5) is 15.8 Å². The molecule has 0 saturated heterocycles. The summed E-state index contributed by atoms with van der Waals surface area (Å²) in [5.41, 5.74) is 3.98. The molecule has 4 aromatic carbocycles. The Morgan fingerprint density at radius 3 is 2.41 bits per heavy atom. The molecule has 0 saturated carbocycles. The lowest BCUT2D eigenvalue weighted by atomic mass is 10.1. The van der Waals surface area contributed by atoms with E-state index in [0.29, 0.717) is 35.9 Å². The molecule has 0 fully saturated rings. The SMILES string of the molecule is Cc1oc(-c2ccccc2)nc1CCOc1ccc(N(Cc2ccccc2C(=O)O)c2cccc(F)c2)cc1. The van der Waals surface area contributed by atoms with E-state index in [9.17, 15) is 14.3 Å². The zero-order valence-corrected chi connectivity index (χ0v) is 21.4. The van der Waals surface area contributed by atoms with Gasteiger partial charge < -0.3 is 19.2 Å². The number of rotatable bonds is 10. The molecule has 0 bridgehead atoms. The van der Waals surface area contributed by atoms with E-state index in [4.69, 9.17) is 9.15 Å². The van der Waals surface area contributed by atoms with Crippen LogP contribution in [0.1, 0.15) is 27.4 Å². The summed E-state index contributed by atoms with van der Waals surface area (Å²) in [5.74, 6) is 0.650. The Morgan fingerprint density at radius 2 is 1.67 bits per heavy atom. The normalized spacial score (nSPS) is 10.8. The Hall–Kier alpha value is -4.91. The van der Waals surface area contributed by atoms with Gasteiger partial charge in [-0.3, -0.25) is 0 Å². The first-order valence-electron chi connectivity index (χ1n) is 12.6. The topological polar surface area (TPSA) is 75.8 Å². The summed E-state index contributed by atoms with van der Waals surface area (Å²) in [7, 11) is 0. The van der Waals surface area contributed by atoms with Crippen molar-refractivity contribution >= 4 is 17.3 Å². The Morgan fingerprint density at radius 1 is 0.923 bits per heavy atom. The molecule has 0 radical (unpaired) electrons. The van der Waals surface area contributed by atoms with Crippen molar-refractivity contribution < 1.29 is 23.4 Å². The number of oxazole rings is 1. The average molecular weight is 523 g/mol. The van der Waals surface area contributed by atoms with Crippen molar-refractivity contribution in [1.29, 1.82) is 0 Å². The zero-order valence-electron chi connectivity index (χ0n) is 21.4. The Labute approximate surface area is 225 Å². The van der Waals surface area contributed by atoms with Crippen molar-refractivity contribution in [2.75, 3.05) is 11.5 Å². The lowest BCUT2D eigenvalue weighted by molar-refractivity contribution is 0.0695. The molecule has 0 aliphatic carbocycles. The number of aryl methyl sites for hydroxylation is 1. The minimum Gasteiger partial charge on any atom is -0.493 e. The van der Waals surface area contributed by atoms with Crippen molar-refractivity contribution in [1.82, 2.24) is 4.98 Å². The van der Waals surface area contributed by atoms with Crippen molar-refractivity contribution in [3.05, 3.63) is 132 Å². The number of halogens is 1. The van der Waals surface area contributed by atoms with E-state index < -0.39 is 5.97 Å². The number of hydrogen-bond donors (Lipinski definition) is 1. The van der Waals surface area contributed by atoms with Gasteiger partial charge in [-0.2, -0.15) is 0 Å². The van der Waals surface area contributed by atoms with Crippen LogP contribution in [0.3, 0.4) is 0 Å². The number of carboxylic acid groups (broad SMARTS) is 1. The van der Waals surface area contributed by atoms with Crippen molar-refractivity contribution in [3.63, 3.8) is 0 Å². The van der Waals surface area contributed by atoms with Crippen molar-refractivity contribution in [2.24, 2.45) is 0 Å². The predicted octanol–water partition coefficient (Wildman–Crippen LogP) is 7.45. The number of aromatic carboxylic acids is 1. The molecular weight excluding hydrogens is 495 g/mol. The van der Waals surface area contributed by atoms with Gasteiger partial charge in [0, 0.05) is 29.9 Å². The van der Waals surface area contributed by atoms with Crippen molar-refractivity contribution in [2.45, 2.75) is 19.9 Å². The summed E-state index contributed by atoms with van der Waals surface area (Å²) >= 11 is 0. The molecule has 0 aliphatic rings. The molecule has 196 valence electrons. The highest BCUT2D eigenvalue weighted by atomic mass is 19.1. The third-order valence-corrected chi connectivity index (χ3v) is 6.37. The molecule has 6 nitrogen and oxygen atoms in total. The monoisotopic (exact) mass is 522 g/mol. The van der Waals surface area contributed by atoms with E-state index in [1.54, 1.807) is 36.4 Å². The molecule has 1 aromatic heterocycles. The number of anilines is 2. The van der Waals surface area contributed by atoms with Gasteiger partial charge in [-0.05, 0) is 73.2 Å². The van der Waals surface area contributed by atoms with E-state index in [-0.39, 0.29) is 17.9 Å². The van der Waals surface area contributed by atoms with Crippen LogP contribution in [0.2, 0.25) is 0 Å².